The van der Waals surface area contributed by atoms with Crippen molar-refractivity contribution < 1.29 is 14.7 Å². The second-order valence-electron chi connectivity index (χ2n) is 5.54. The number of anilines is 1. The van der Waals surface area contributed by atoms with Crippen molar-refractivity contribution in [3.8, 4) is 0 Å². The van der Waals surface area contributed by atoms with Crippen molar-refractivity contribution in [2.75, 3.05) is 18.0 Å². The van der Waals surface area contributed by atoms with E-state index in [2.05, 4.69) is 4.90 Å². The van der Waals surface area contributed by atoms with Crippen LogP contribution in [0, 0.1) is 0 Å². The van der Waals surface area contributed by atoms with Crippen LogP contribution in [0.3, 0.4) is 0 Å². The maximum Gasteiger partial charge on any atom is 0.336 e. The van der Waals surface area contributed by atoms with Crippen LogP contribution in [0.2, 0.25) is 5.02 Å². The summed E-state index contributed by atoms with van der Waals surface area (Å²) in [6, 6.07) is 11.3. The van der Waals surface area contributed by atoms with Crippen LogP contribution in [-0.4, -0.2) is 29.9 Å². The number of halogens is 1. The summed E-state index contributed by atoms with van der Waals surface area (Å²) in [6.45, 7) is 1.84. The molecule has 118 valence electrons. The third-order valence-electron chi connectivity index (χ3n) is 4.06. The van der Waals surface area contributed by atoms with Gasteiger partial charge < -0.3 is 10.0 Å². The molecule has 5 heteroatoms. The Morgan fingerprint density at radius 2 is 1.65 bits per heavy atom. The van der Waals surface area contributed by atoms with Gasteiger partial charge in [-0.2, -0.15) is 0 Å². The summed E-state index contributed by atoms with van der Waals surface area (Å²) in [6.07, 6.45) is 2.21. The molecule has 0 unspecified atom stereocenters. The molecule has 2 aromatic rings. The van der Waals surface area contributed by atoms with Gasteiger partial charge in [0.2, 0.25) is 0 Å². The lowest BCUT2D eigenvalue weighted by molar-refractivity contribution is 0.0693. The van der Waals surface area contributed by atoms with Crippen molar-refractivity contribution in [3.63, 3.8) is 0 Å². The molecule has 0 atom stereocenters. The van der Waals surface area contributed by atoms with E-state index >= 15 is 0 Å². The highest BCUT2D eigenvalue weighted by atomic mass is 35.5. The quantitative estimate of drug-likeness (QED) is 0.865. The Labute approximate surface area is 139 Å². The first-order chi connectivity index (χ1) is 11.1. The van der Waals surface area contributed by atoms with Gasteiger partial charge in [0.25, 0.3) is 0 Å². The van der Waals surface area contributed by atoms with Crippen LogP contribution in [0.25, 0.3) is 0 Å². The Kier molecular flexibility index (Phi) is 4.35. The average molecular weight is 330 g/mol. The van der Waals surface area contributed by atoms with Crippen LogP contribution in [0.4, 0.5) is 5.69 Å². The summed E-state index contributed by atoms with van der Waals surface area (Å²) >= 11 is 6.26. The standard InChI is InChI=1S/C18H16ClNO3/c19-15-8-7-12(11-16(15)20-9-3-4-10-20)17(21)13-5-1-2-6-14(13)18(22)23/h1-2,5-8,11H,3-4,9-10H2,(H,22,23). The minimum absolute atomic E-state index is 0.00942. The number of carbonyl (C=O) groups is 2. The van der Waals surface area contributed by atoms with Gasteiger partial charge in [0.05, 0.1) is 16.3 Å². The summed E-state index contributed by atoms with van der Waals surface area (Å²) in [5, 5.41) is 9.86. The summed E-state index contributed by atoms with van der Waals surface area (Å²) in [5.74, 6) is -1.41. The molecular formula is C18H16ClNO3. The molecule has 1 fully saturated rings. The fourth-order valence-corrected chi connectivity index (χ4v) is 3.11. The number of carbonyl (C=O) groups excluding carboxylic acids is 1. The van der Waals surface area contributed by atoms with Crippen LogP contribution in [-0.2, 0) is 0 Å². The zero-order chi connectivity index (χ0) is 16.4. The monoisotopic (exact) mass is 329 g/mol. The van der Waals surface area contributed by atoms with E-state index in [1.165, 1.54) is 12.1 Å². The molecule has 0 radical (unpaired) electrons. The molecule has 0 bridgehead atoms. The second-order valence-corrected chi connectivity index (χ2v) is 5.95. The van der Waals surface area contributed by atoms with Crippen molar-refractivity contribution in [2.24, 2.45) is 0 Å². The molecule has 3 rings (SSSR count). The fraction of sp³-hybridized carbons (Fsp3) is 0.222. The summed E-state index contributed by atoms with van der Waals surface area (Å²) in [7, 11) is 0. The normalized spacial score (nSPS) is 14.0. The number of carboxylic acid groups (broad SMARTS) is 1. The average Bonchev–Trinajstić information content (AvgIpc) is 3.09. The molecule has 1 aliphatic rings. The molecular weight excluding hydrogens is 314 g/mol. The Balaban J connectivity index is 2.00. The molecule has 4 nitrogen and oxygen atoms in total. The molecule has 1 N–H and O–H groups in total. The van der Waals surface area contributed by atoms with E-state index in [0.717, 1.165) is 31.6 Å². The Bertz CT molecular complexity index is 767. The van der Waals surface area contributed by atoms with Crippen molar-refractivity contribution in [1.29, 1.82) is 0 Å². The molecule has 1 heterocycles. The van der Waals surface area contributed by atoms with Gasteiger partial charge in [0, 0.05) is 24.2 Å². The van der Waals surface area contributed by atoms with Gasteiger partial charge >= 0.3 is 5.97 Å². The lowest BCUT2D eigenvalue weighted by atomic mass is 9.98. The lowest BCUT2D eigenvalue weighted by Crippen LogP contribution is -2.18. The van der Waals surface area contributed by atoms with E-state index in [0.29, 0.717) is 10.6 Å². The number of rotatable bonds is 4. The van der Waals surface area contributed by atoms with Gasteiger partial charge in [-0.25, -0.2) is 4.79 Å². The van der Waals surface area contributed by atoms with Gasteiger partial charge in [-0.15, -0.1) is 0 Å². The van der Waals surface area contributed by atoms with Gasteiger partial charge in [-0.3, -0.25) is 4.79 Å². The first-order valence-corrected chi connectivity index (χ1v) is 7.87. The van der Waals surface area contributed by atoms with Crippen LogP contribution in [0.5, 0.6) is 0 Å². The summed E-state index contributed by atoms with van der Waals surface area (Å²) in [5.41, 5.74) is 1.48. The number of nitrogens with zero attached hydrogens (tertiary/aromatic N) is 1. The molecule has 0 amide bonds. The molecule has 0 saturated carbocycles. The SMILES string of the molecule is O=C(O)c1ccccc1C(=O)c1ccc(Cl)c(N2CCCC2)c1. The molecule has 23 heavy (non-hydrogen) atoms. The molecule has 0 spiro atoms. The largest absolute Gasteiger partial charge is 0.478 e. The first kappa shape index (κ1) is 15.6. The van der Waals surface area contributed by atoms with Crippen molar-refractivity contribution >= 4 is 29.0 Å². The summed E-state index contributed by atoms with van der Waals surface area (Å²) < 4.78 is 0. The minimum Gasteiger partial charge on any atom is -0.478 e. The zero-order valence-corrected chi connectivity index (χ0v) is 13.2. The molecule has 1 saturated heterocycles. The third-order valence-corrected chi connectivity index (χ3v) is 4.38. The van der Waals surface area contributed by atoms with Crippen molar-refractivity contribution in [3.05, 3.63) is 64.2 Å². The summed E-state index contributed by atoms with van der Waals surface area (Å²) in [4.78, 5) is 26.2. The Morgan fingerprint density at radius 3 is 2.30 bits per heavy atom. The minimum atomic E-state index is -1.11. The van der Waals surface area contributed by atoms with E-state index in [1.54, 1.807) is 30.3 Å². The Morgan fingerprint density at radius 1 is 1.00 bits per heavy atom. The number of benzene rings is 2. The first-order valence-electron chi connectivity index (χ1n) is 7.49. The van der Waals surface area contributed by atoms with Gasteiger partial charge in [0.15, 0.2) is 5.78 Å². The maximum absolute atomic E-state index is 12.7. The van der Waals surface area contributed by atoms with Crippen molar-refractivity contribution in [2.45, 2.75) is 12.8 Å². The third kappa shape index (κ3) is 3.08. The number of aromatic carboxylic acids is 1. The topological polar surface area (TPSA) is 57.6 Å². The highest BCUT2D eigenvalue weighted by Crippen LogP contribution is 2.30. The van der Waals surface area contributed by atoms with E-state index in [9.17, 15) is 14.7 Å². The van der Waals surface area contributed by atoms with Crippen LogP contribution in [0.1, 0.15) is 39.1 Å². The molecule has 0 aliphatic carbocycles. The molecule has 0 aromatic heterocycles. The fourth-order valence-electron chi connectivity index (χ4n) is 2.88. The Hall–Kier alpha value is -2.33. The smallest absolute Gasteiger partial charge is 0.336 e. The van der Waals surface area contributed by atoms with E-state index in [-0.39, 0.29) is 16.9 Å². The van der Waals surface area contributed by atoms with Gasteiger partial charge in [-0.1, -0.05) is 29.8 Å². The number of ketones is 1. The predicted molar refractivity (Wildman–Crippen MR) is 89.7 cm³/mol. The van der Waals surface area contributed by atoms with Crippen molar-refractivity contribution in [1.82, 2.24) is 0 Å². The second kappa shape index (κ2) is 6.42. The molecule has 2 aromatic carbocycles. The zero-order valence-electron chi connectivity index (χ0n) is 12.5. The lowest BCUT2D eigenvalue weighted by Gasteiger charge is -2.20. The number of hydrogen-bond acceptors (Lipinski definition) is 3. The van der Waals surface area contributed by atoms with E-state index in [4.69, 9.17) is 11.6 Å². The highest BCUT2D eigenvalue weighted by Gasteiger charge is 2.20. The van der Waals surface area contributed by atoms with Gasteiger partial charge in [0.1, 0.15) is 0 Å². The maximum atomic E-state index is 12.7. The number of hydrogen-bond donors (Lipinski definition) is 1. The van der Waals surface area contributed by atoms with Crippen LogP contribution < -0.4 is 4.90 Å². The van der Waals surface area contributed by atoms with E-state index < -0.39 is 5.97 Å². The highest BCUT2D eigenvalue weighted by molar-refractivity contribution is 6.33. The predicted octanol–water partition coefficient (Wildman–Crippen LogP) is 3.87. The van der Waals surface area contributed by atoms with Gasteiger partial charge in [-0.05, 0) is 37.1 Å². The van der Waals surface area contributed by atoms with Crippen LogP contribution in [0.15, 0.2) is 42.5 Å². The van der Waals surface area contributed by atoms with E-state index in [1.807, 2.05) is 0 Å². The van der Waals surface area contributed by atoms with Crippen LogP contribution >= 0.6 is 11.6 Å². The number of carboxylic acids is 1. The molecule has 1 aliphatic heterocycles.